The minimum atomic E-state index is 0.533. The summed E-state index contributed by atoms with van der Waals surface area (Å²) < 4.78 is 5.18. The third-order valence-electron chi connectivity index (χ3n) is 3.97. The molecule has 26 heavy (non-hydrogen) atoms. The summed E-state index contributed by atoms with van der Waals surface area (Å²) in [5.74, 6) is 2.09. The van der Waals surface area contributed by atoms with E-state index in [-0.39, 0.29) is 0 Å². The summed E-state index contributed by atoms with van der Waals surface area (Å²) in [6.45, 7) is 3.96. The normalized spacial score (nSPS) is 10.5. The van der Waals surface area contributed by atoms with E-state index >= 15 is 0 Å². The van der Waals surface area contributed by atoms with Crippen molar-refractivity contribution in [3.05, 3.63) is 59.8 Å². The van der Waals surface area contributed by atoms with E-state index in [0.29, 0.717) is 5.95 Å². The topological polar surface area (TPSA) is 85.1 Å². The van der Waals surface area contributed by atoms with Gasteiger partial charge in [-0.15, -0.1) is 0 Å². The Morgan fingerprint density at radius 2 is 1.73 bits per heavy atom. The first-order valence-corrected chi connectivity index (χ1v) is 8.97. The van der Waals surface area contributed by atoms with Gasteiger partial charge in [-0.05, 0) is 68.3 Å². The average molecular weight is 367 g/mol. The third kappa shape index (κ3) is 4.25. The number of aryl methyl sites for hydroxylation is 1. The molecule has 134 valence electrons. The molecule has 3 aromatic rings. The van der Waals surface area contributed by atoms with Crippen LogP contribution in [0.2, 0.25) is 0 Å². The average Bonchev–Trinajstić information content (AvgIpc) is 2.66. The number of anilines is 4. The number of rotatable bonds is 6. The first kappa shape index (κ1) is 18.0. The number of methoxy groups -OCH3 is 1. The summed E-state index contributed by atoms with van der Waals surface area (Å²) in [6.07, 6.45) is 0. The largest absolute Gasteiger partial charge is 0.497 e. The van der Waals surface area contributed by atoms with Crippen molar-refractivity contribution in [2.24, 2.45) is 5.14 Å². The maximum absolute atomic E-state index is 5.64. The molecule has 3 rings (SSSR count). The van der Waals surface area contributed by atoms with Gasteiger partial charge in [-0.25, -0.2) is 4.98 Å². The Labute approximate surface area is 157 Å². The van der Waals surface area contributed by atoms with E-state index in [0.717, 1.165) is 39.1 Å². The van der Waals surface area contributed by atoms with Crippen LogP contribution in [0.25, 0.3) is 0 Å². The zero-order chi connectivity index (χ0) is 18.5. The van der Waals surface area contributed by atoms with Crippen LogP contribution in [0.5, 0.6) is 5.75 Å². The second-order valence-electron chi connectivity index (χ2n) is 5.73. The van der Waals surface area contributed by atoms with Crippen LogP contribution < -0.4 is 20.5 Å². The third-order valence-corrected chi connectivity index (χ3v) is 4.49. The molecule has 6 nitrogen and oxygen atoms in total. The molecule has 1 aromatic heterocycles. The Bertz CT molecular complexity index is 899. The highest BCUT2D eigenvalue weighted by Gasteiger charge is 2.09. The van der Waals surface area contributed by atoms with Crippen LogP contribution in [0, 0.1) is 13.8 Å². The van der Waals surface area contributed by atoms with Gasteiger partial charge in [0.2, 0.25) is 5.95 Å². The molecule has 1 heterocycles. The van der Waals surface area contributed by atoms with Gasteiger partial charge in [-0.2, -0.15) is 4.98 Å². The zero-order valence-electron chi connectivity index (χ0n) is 14.9. The van der Waals surface area contributed by atoms with Crippen molar-refractivity contribution in [2.75, 3.05) is 17.7 Å². The van der Waals surface area contributed by atoms with Gasteiger partial charge in [0.05, 0.1) is 7.11 Å². The second kappa shape index (κ2) is 8.07. The maximum atomic E-state index is 5.64. The van der Waals surface area contributed by atoms with Gasteiger partial charge in [0, 0.05) is 27.5 Å². The van der Waals surface area contributed by atoms with Gasteiger partial charge in [0.25, 0.3) is 0 Å². The molecule has 0 fully saturated rings. The number of nitrogens with two attached hydrogens (primary N) is 1. The van der Waals surface area contributed by atoms with Crippen LogP contribution in [-0.4, -0.2) is 17.1 Å². The number of hydrogen-bond donors (Lipinski definition) is 3. The predicted octanol–water partition coefficient (Wildman–Crippen LogP) is 4.56. The van der Waals surface area contributed by atoms with E-state index in [1.807, 2.05) is 62.4 Å². The van der Waals surface area contributed by atoms with E-state index in [1.54, 1.807) is 7.11 Å². The summed E-state index contributed by atoms with van der Waals surface area (Å²) in [4.78, 5) is 10.1. The summed E-state index contributed by atoms with van der Waals surface area (Å²) >= 11 is 1.21. The molecular formula is C19H21N5OS. The van der Waals surface area contributed by atoms with Crippen LogP contribution in [0.15, 0.2) is 53.4 Å². The smallest absolute Gasteiger partial charge is 0.229 e. The minimum Gasteiger partial charge on any atom is -0.497 e. The van der Waals surface area contributed by atoms with Gasteiger partial charge in [0.1, 0.15) is 11.6 Å². The van der Waals surface area contributed by atoms with Gasteiger partial charge in [-0.3, -0.25) is 5.14 Å². The van der Waals surface area contributed by atoms with Crippen LogP contribution in [-0.2, 0) is 0 Å². The molecule has 4 N–H and O–H groups in total. The highest BCUT2D eigenvalue weighted by atomic mass is 32.2. The first-order valence-electron chi connectivity index (χ1n) is 8.09. The van der Waals surface area contributed by atoms with Crippen LogP contribution in [0.3, 0.4) is 0 Å². The highest BCUT2D eigenvalue weighted by Crippen LogP contribution is 2.25. The SMILES string of the molecule is COc1ccc(Nc2nc(C)c(C)c(Nc3cccc(SN)c3)n2)cc1. The standard InChI is InChI=1S/C19H21N5OS/c1-12-13(2)21-19(23-14-7-9-16(25-3)10-8-14)24-18(12)22-15-5-4-6-17(11-15)26-20/h4-11H,20H2,1-3H3,(H2,21,22,23,24). The summed E-state index contributed by atoms with van der Waals surface area (Å²) in [5, 5.41) is 12.2. The van der Waals surface area contributed by atoms with E-state index in [9.17, 15) is 0 Å². The van der Waals surface area contributed by atoms with Crippen LogP contribution >= 0.6 is 11.9 Å². The molecule has 0 bridgehead atoms. The number of nitrogens with zero attached hydrogens (tertiary/aromatic N) is 2. The van der Waals surface area contributed by atoms with E-state index < -0.39 is 0 Å². The summed E-state index contributed by atoms with van der Waals surface area (Å²) in [5.41, 5.74) is 3.72. The quantitative estimate of drug-likeness (QED) is 0.551. The Morgan fingerprint density at radius 1 is 0.962 bits per heavy atom. The monoisotopic (exact) mass is 367 g/mol. The van der Waals surface area contributed by atoms with Gasteiger partial charge in [0.15, 0.2) is 0 Å². The highest BCUT2D eigenvalue weighted by molar-refractivity contribution is 7.97. The van der Waals surface area contributed by atoms with Crippen molar-refractivity contribution in [3.8, 4) is 5.75 Å². The molecule has 0 saturated carbocycles. The summed E-state index contributed by atoms with van der Waals surface area (Å²) in [6, 6.07) is 15.5. The molecule has 2 aromatic carbocycles. The molecule has 0 aliphatic heterocycles. The molecule has 0 aliphatic carbocycles. The van der Waals surface area contributed by atoms with Crippen molar-refractivity contribution in [1.82, 2.24) is 9.97 Å². The van der Waals surface area contributed by atoms with Gasteiger partial charge in [-0.1, -0.05) is 6.07 Å². The Balaban J connectivity index is 1.86. The molecule has 0 atom stereocenters. The number of ether oxygens (including phenoxy) is 1. The van der Waals surface area contributed by atoms with Gasteiger partial charge >= 0.3 is 0 Å². The minimum absolute atomic E-state index is 0.533. The lowest BCUT2D eigenvalue weighted by atomic mass is 10.2. The molecule has 7 heteroatoms. The molecule has 0 radical (unpaired) electrons. The number of hydrogen-bond acceptors (Lipinski definition) is 7. The fourth-order valence-corrected chi connectivity index (χ4v) is 2.75. The van der Waals surface area contributed by atoms with E-state index in [4.69, 9.17) is 9.88 Å². The number of aromatic nitrogens is 2. The second-order valence-corrected chi connectivity index (χ2v) is 6.44. The van der Waals surface area contributed by atoms with Crippen LogP contribution in [0.1, 0.15) is 11.3 Å². The maximum Gasteiger partial charge on any atom is 0.229 e. The van der Waals surface area contributed by atoms with E-state index in [2.05, 4.69) is 20.6 Å². The Kier molecular flexibility index (Phi) is 5.60. The van der Waals surface area contributed by atoms with E-state index in [1.165, 1.54) is 11.9 Å². The predicted molar refractivity (Wildman–Crippen MR) is 108 cm³/mol. The molecule has 0 aliphatic rings. The fraction of sp³-hybridized carbons (Fsp3) is 0.158. The van der Waals surface area contributed by atoms with Crippen molar-refractivity contribution >= 4 is 35.1 Å². The van der Waals surface area contributed by atoms with Crippen molar-refractivity contribution in [1.29, 1.82) is 0 Å². The Hall–Kier alpha value is -2.77. The first-order chi connectivity index (χ1) is 12.6. The molecule has 0 saturated heterocycles. The van der Waals surface area contributed by atoms with Gasteiger partial charge < -0.3 is 15.4 Å². The lowest BCUT2D eigenvalue weighted by Crippen LogP contribution is -2.05. The van der Waals surface area contributed by atoms with Crippen molar-refractivity contribution in [2.45, 2.75) is 18.7 Å². The zero-order valence-corrected chi connectivity index (χ0v) is 15.7. The summed E-state index contributed by atoms with van der Waals surface area (Å²) in [7, 11) is 1.64. The van der Waals surface area contributed by atoms with Crippen molar-refractivity contribution in [3.63, 3.8) is 0 Å². The lowest BCUT2D eigenvalue weighted by molar-refractivity contribution is 0.415. The number of benzene rings is 2. The number of nitrogens with one attached hydrogen (secondary N) is 2. The molecule has 0 spiro atoms. The molecule has 0 unspecified atom stereocenters. The van der Waals surface area contributed by atoms with Crippen LogP contribution in [0.4, 0.5) is 23.1 Å². The van der Waals surface area contributed by atoms with Crippen molar-refractivity contribution < 1.29 is 4.74 Å². The lowest BCUT2D eigenvalue weighted by Gasteiger charge is -2.14. The molecule has 0 amide bonds. The molecular weight excluding hydrogens is 346 g/mol. The fourth-order valence-electron chi connectivity index (χ4n) is 2.39. The Morgan fingerprint density at radius 3 is 2.42 bits per heavy atom.